The molecule has 1 aromatic carbocycles. The average molecular weight is 407 g/mol. The molecular formula is C22H38N4OS. The molecule has 158 valence electrons. The van der Waals surface area contributed by atoms with Crippen molar-refractivity contribution in [2.24, 2.45) is 16.8 Å². The lowest BCUT2D eigenvalue weighted by atomic mass is 9.94. The molecule has 1 aliphatic rings. The Morgan fingerprint density at radius 1 is 1.18 bits per heavy atom. The zero-order valence-electron chi connectivity index (χ0n) is 17.8. The molecule has 0 saturated carbocycles. The minimum atomic E-state index is 0.245. The molecule has 2 rings (SSSR count). The summed E-state index contributed by atoms with van der Waals surface area (Å²) >= 11 is 2.04. The average Bonchev–Trinajstić information content (AvgIpc) is 2.71. The van der Waals surface area contributed by atoms with E-state index < -0.39 is 0 Å². The molecule has 0 aliphatic carbocycles. The third-order valence-electron chi connectivity index (χ3n) is 4.98. The predicted molar refractivity (Wildman–Crippen MR) is 123 cm³/mol. The fraction of sp³-hybridized carbons (Fsp3) is 0.682. The SMILES string of the molecule is CCNC(=NCc1ccc(N2CCSCC2)cc1)NCC(CCO)CC(C)C. The Balaban J connectivity index is 1.89. The smallest absolute Gasteiger partial charge is 0.191 e. The van der Waals surface area contributed by atoms with E-state index in [-0.39, 0.29) is 6.61 Å². The lowest BCUT2D eigenvalue weighted by Crippen LogP contribution is -2.40. The van der Waals surface area contributed by atoms with Gasteiger partial charge in [-0.25, -0.2) is 4.99 Å². The summed E-state index contributed by atoms with van der Waals surface area (Å²) in [6.45, 7) is 11.4. The number of guanidine groups is 1. The van der Waals surface area contributed by atoms with Gasteiger partial charge in [0.05, 0.1) is 6.54 Å². The first-order valence-electron chi connectivity index (χ1n) is 10.7. The third-order valence-corrected chi connectivity index (χ3v) is 5.92. The maximum Gasteiger partial charge on any atom is 0.191 e. The van der Waals surface area contributed by atoms with Gasteiger partial charge in [-0.15, -0.1) is 0 Å². The van der Waals surface area contributed by atoms with Crippen LogP contribution in [0.1, 0.15) is 39.2 Å². The van der Waals surface area contributed by atoms with Crippen LogP contribution in [0.5, 0.6) is 0 Å². The number of hydrogen-bond acceptors (Lipinski definition) is 4. The van der Waals surface area contributed by atoms with Gasteiger partial charge in [-0.3, -0.25) is 0 Å². The van der Waals surface area contributed by atoms with Gasteiger partial charge in [-0.05, 0) is 49.3 Å². The van der Waals surface area contributed by atoms with Crippen LogP contribution in [0.4, 0.5) is 5.69 Å². The van der Waals surface area contributed by atoms with Gasteiger partial charge in [0.2, 0.25) is 0 Å². The first-order chi connectivity index (χ1) is 13.6. The number of benzene rings is 1. The van der Waals surface area contributed by atoms with E-state index in [1.165, 1.54) is 22.8 Å². The topological polar surface area (TPSA) is 59.9 Å². The van der Waals surface area contributed by atoms with Gasteiger partial charge in [0.15, 0.2) is 5.96 Å². The Hall–Kier alpha value is -1.40. The number of aliphatic hydroxyl groups is 1. The van der Waals surface area contributed by atoms with Crippen molar-refractivity contribution in [3.8, 4) is 0 Å². The molecule has 6 heteroatoms. The van der Waals surface area contributed by atoms with Crippen LogP contribution < -0.4 is 15.5 Å². The lowest BCUT2D eigenvalue weighted by Gasteiger charge is -2.28. The fourth-order valence-electron chi connectivity index (χ4n) is 3.54. The summed E-state index contributed by atoms with van der Waals surface area (Å²) in [6, 6.07) is 8.83. The van der Waals surface area contributed by atoms with Crippen LogP contribution in [0.25, 0.3) is 0 Å². The number of thioether (sulfide) groups is 1. The Morgan fingerprint density at radius 2 is 1.89 bits per heavy atom. The fourth-order valence-corrected chi connectivity index (χ4v) is 4.44. The number of aliphatic hydroxyl groups excluding tert-OH is 1. The summed E-state index contributed by atoms with van der Waals surface area (Å²) in [5.74, 6) is 4.40. The van der Waals surface area contributed by atoms with Crippen LogP contribution in [-0.4, -0.2) is 55.4 Å². The van der Waals surface area contributed by atoms with Gasteiger partial charge in [0.25, 0.3) is 0 Å². The van der Waals surface area contributed by atoms with Crippen LogP contribution in [-0.2, 0) is 6.54 Å². The van der Waals surface area contributed by atoms with Gasteiger partial charge in [0.1, 0.15) is 0 Å². The van der Waals surface area contributed by atoms with Crippen LogP contribution in [0.3, 0.4) is 0 Å². The number of hydrogen-bond donors (Lipinski definition) is 3. The summed E-state index contributed by atoms with van der Waals surface area (Å²) < 4.78 is 0. The van der Waals surface area contributed by atoms with E-state index in [0.29, 0.717) is 18.4 Å². The number of rotatable bonds is 10. The Labute approximate surface area is 175 Å². The van der Waals surface area contributed by atoms with Crippen molar-refractivity contribution in [1.29, 1.82) is 0 Å². The molecule has 0 aromatic heterocycles. The molecule has 1 aliphatic heterocycles. The molecule has 0 radical (unpaired) electrons. The zero-order chi connectivity index (χ0) is 20.2. The maximum absolute atomic E-state index is 9.31. The van der Waals surface area contributed by atoms with Crippen LogP contribution in [0.2, 0.25) is 0 Å². The summed E-state index contributed by atoms with van der Waals surface area (Å²) in [5, 5.41) is 16.1. The second-order valence-corrected chi connectivity index (χ2v) is 9.07. The van der Waals surface area contributed by atoms with Gasteiger partial charge in [-0.1, -0.05) is 26.0 Å². The van der Waals surface area contributed by atoms with Gasteiger partial charge < -0.3 is 20.6 Å². The number of nitrogens with one attached hydrogen (secondary N) is 2. The van der Waals surface area contributed by atoms with Crippen molar-refractivity contribution in [2.45, 2.75) is 40.2 Å². The van der Waals surface area contributed by atoms with Gasteiger partial charge in [-0.2, -0.15) is 11.8 Å². The molecular weight excluding hydrogens is 368 g/mol. The summed E-state index contributed by atoms with van der Waals surface area (Å²) in [4.78, 5) is 7.22. The molecule has 3 N–H and O–H groups in total. The highest BCUT2D eigenvalue weighted by Crippen LogP contribution is 2.20. The van der Waals surface area contributed by atoms with Gasteiger partial charge >= 0.3 is 0 Å². The van der Waals surface area contributed by atoms with E-state index in [1.807, 2.05) is 11.8 Å². The standard InChI is InChI=1S/C22H38N4OS/c1-4-23-22(25-17-20(9-12-27)15-18(2)3)24-16-19-5-7-21(8-6-19)26-10-13-28-14-11-26/h5-8,18,20,27H,4,9-17H2,1-3H3,(H2,23,24,25). The molecule has 0 amide bonds. The largest absolute Gasteiger partial charge is 0.396 e. The number of nitrogens with zero attached hydrogens (tertiary/aromatic N) is 2. The van der Waals surface area contributed by atoms with E-state index in [2.05, 4.69) is 60.6 Å². The first-order valence-corrected chi connectivity index (χ1v) is 11.8. The van der Waals surface area contributed by atoms with Crippen molar-refractivity contribution in [2.75, 3.05) is 49.2 Å². The molecule has 1 unspecified atom stereocenters. The highest BCUT2D eigenvalue weighted by molar-refractivity contribution is 7.99. The normalized spacial score (nSPS) is 16.3. The molecule has 28 heavy (non-hydrogen) atoms. The van der Waals surface area contributed by atoms with Crippen molar-refractivity contribution >= 4 is 23.4 Å². The quantitative estimate of drug-likeness (QED) is 0.411. The highest BCUT2D eigenvalue weighted by atomic mass is 32.2. The summed E-state index contributed by atoms with van der Waals surface area (Å²) in [7, 11) is 0. The second kappa shape index (κ2) is 12.9. The Morgan fingerprint density at radius 3 is 2.50 bits per heavy atom. The third kappa shape index (κ3) is 8.31. The van der Waals surface area contributed by atoms with Crippen LogP contribution in [0, 0.1) is 11.8 Å². The number of aliphatic imine (C=N–C) groups is 1. The Bertz CT molecular complexity index is 570. The molecule has 5 nitrogen and oxygen atoms in total. The van der Waals surface area contributed by atoms with E-state index >= 15 is 0 Å². The molecule has 1 aromatic rings. The Kier molecular flexibility index (Phi) is 10.6. The lowest BCUT2D eigenvalue weighted by molar-refractivity contribution is 0.243. The first kappa shape index (κ1) is 22.9. The van der Waals surface area contributed by atoms with E-state index in [4.69, 9.17) is 4.99 Å². The number of anilines is 1. The van der Waals surface area contributed by atoms with Crippen molar-refractivity contribution < 1.29 is 5.11 Å². The van der Waals surface area contributed by atoms with E-state index in [0.717, 1.165) is 45.0 Å². The molecule has 1 fully saturated rings. The summed E-state index contributed by atoms with van der Waals surface area (Å²) in [6.07, 6.45) is 1.95. The molecule has 1 atom stereocenters. The van der Waals surface area contributed by atoms with Crippen LogP contribution >= 0.6 is 11.8 Å². The minimum absolute atomic E-state index is 0.245. The maximum atomic E-state index is 9.31. The molecule has 0 spiro atoms. The van der Waals surface area contributed by atoms with E-state index in [9.17, 15) is 5.11 Å². The molecule has 1 heterocycles. The predicted octanol–water partition coefficient (Wildman–Crippen LogP) is 3.34. The monoisotopic (exact) mass is 406 g/mol. The van der Waals surface area contributed by atoms with Crippen LogP contribution in [0.15, 0.2) is 29.3 Å². The van der Waals surface area contributed by atoms with Gasteiger partial charge in [0, 0.05) is 50.0 Å². The highest BCUT2D eigenvalue weighted by Gasteiger charge is 2.12. The second-order valence-electron chi connectivity index (χ2n) is 7.85. The molecule has 1 saturated heterocycles. The minimum Gasteiger partial charge on any atom is -0.396 e. The zero-order valence-corrected chi connectivity index (χ0v) is 18.6. The van der Waals surface area contributed by atoms with Crippen molar-refractivity contribution in [1.82, 2.24) is 10.6 Å². The summed E-state index contributed by atoms with van der Waals surface area (Å²) in [5.41, 5.74) is 2.54. The van der Waals surface area contributed by atoms with E-state index in [1.54, 1.807) is 0 Å². The molecule has 0 bridgehead atoms. The van der Waals surface area contributed by atoms with Crippen molar-refractivity contribution in [3.05, 3.63) is 29.8 Å². The van der Waals surface area contributed by atoms with Crippen molar-refractivity contribution in [3.63, 3.8) is 0 Å².